The summed E-state index contributed by atoms with van der Waals surface area (Å²) in [5.74, 6) is 1.75. The fourth-order valence-corrected chi connectivity index (χ4v) is 3.34. The topological polar surface area (TPSA) is 12.5 Å². The molecule has 2 nitrogen and oxygen atoms in total. The number of rotatable bonds is 4. The summed E-state index contributed by atoms with van der Waals surface area (Å²) in [6.45, 7) is 7.52. The van der Waals surface area contributed by atoms with Gasteiger partial charge in [-0.3, -0.25) is 0 Å². The molecule has 1 aromatic rings. The molecular formula is C15H23NOS. The lowest BCUT2D eigenvalue weighted by molar-refractivity contribution is 0.0360. The number of nitrogens with zero attached hydrogens (tertiary/aromatic N) is 1. The molecule has 18 heavy (non-hydrogen) atoms. The summed E-state index contributed by atoms with van der Waals surface area (Å²) in [5.41, 5.74) is 1.31. The molecule has 0 saturated carbocycles. The van der Waals surface area contributed by atoms with Gasteiger partial charge in [0.15, 0.2) is 0 Å². The average Bonchev–Trinajstić information content (AvgIpc) is 2.59. The van der Waals surface area contributed by atoms with E-state index in [4.69, 9.17) is 4.74 Å². The summed E-state index contributed by atoms with van der Waals surface area (Å²) in [4.78, 5) is 0. The van der Waals surface area contributed by atoms with Gasteiger partial charge in [-0.15, -0.1) is 0 Å². The van der Waals surface area contributed by atoms with Gasteiger partial charge in [0.2, 0.25) is 0 Å². The average molecular weight is 265 g/mol. The van der Waals surface area contributed by atoms with Crippen LogP contribution in [0, 0.1) is 5.92 Å². The third-order valence-corrected chi connectivity index (χ3v) is 4.54. The molecule has 1 saturated heterocycles. The lowest BCUT2D eigenvalue weighted by Crippen LogP contribution is -2.23. The normalized spacial score (nSPS) is 25.9. The van der Waals surface area contributed by atoms with Crippen LogP contribution in [-0.4, -0.2) is 29.8 Å². The van der Waals surface area contributed by atoms with Gasteiger partial charge >= 0.3 is 0 Å². The number of hydrogen-bond acceptors (Lipinski definition) is 3. The summed E-state index contributed by atoms with van der Waals surface area (Å²) in [7, 11) is 0. The molecule has 0 radical (unpaired) electrons. The summed E-state index contributed by atoms with van der Waals surface area (Å²) in [5, 5.41) is 0. The maximum atomic E-state index is 6.06. The Balaban J connectivity index is 1.98. The van der Waals surface area contributed by atoms with E-state index >= 15 is 0 Å². The zero-order valence-electron chi connectivity index (χ0n) is 11.3. The highest BCUT2D eigenvalue weighted by molar-refractivity contribution is 7.97. The van der Waals surface area contributed by atoms with Crippen LogP contribution in [0.5, 0.6) is 0 Å². The smallest absolute Gasteiger partial charge is 0.0863 e. The molecule has 1 heterocycles. The molecule has 2 atom stereocenters. The molecule has 3 heteroatoms. The van der Waals surface area contributed by atoms with E-state index in [9.17, 15) is 0 Å². The largest absolute Gasteiger partial charge is 0.372 e. The molecule has 0 aliphatic carbocycles. The third kappa shape index (κ3) is 3.74. The molecule has 1 unspecified atom stereocenters. The van der Waals surface area contributed by atoms with Crippen molar-refractivity contribution < 1.29 is 4.74 Å². The van der Waals surface area contributed by atoms with Crippen molar-refractivity contribution >= 4 is 11.9 Å². The fourth-order valence-electron chi connectivity index (χ4n) is 2.36. The number of ether oxygens (including phenoxy) is 1. The maximum absolute atomic E-state index is 6.06. The zero-order chi connectivity index (χ0) is 12.8. The standard InChI is InChI=1S/C15H23NOS/c1-3-11-18-16-9-10-17-15(13(2)12-16)14-7-5-4-6-8-14/h4-8,13,15H,3,9-12H2,1-2H3/t13-,15?/m0/s1. The van der Waals surface area contributed by atoms with Crippen molar-refractivity contribution in [1.82, 2.24) is 4.31 Å². The van der Waals surface area contributed by atoms with E-state index in [1.807, 2.05) is 11.9 Å². The molecule has 1 aliphatic heterocycles. The van der Waals surface area contributed by atoms with Crippen molar-refractivity contribution in [2.75, 3.05) is 25.4 Å². The molecule has 0 N–H and O–H groups in total. The Morgan fingerprint density at radius 2 is 2.11 bits per heavy atom. The van der Waals surface area contributed by atoms with Crippen molar-refractivity contribution in [2.24, 2.45) is 5.92 Å². The minimum Gasteiger partial charge on any atom is -0.372 e. The Morgan fingerprint density at radius 1 is 1.33 bits per heavy atom. The predicted molar refractivity (Wildman–Crippen MR) is 78.6 cm³/mol. The molecule has 0 amide bonds. The molecule has 0 bridgehead atoms. The number of hydrogen-bond donors (Lipinski definition) is 0. The van der Waals surface area contributed by atoms with Gasteiger partial charge in [-0.1, -0.05) is 56.1 Å². The van der Waals surface area contributed by atoms with Crippen molar-refractivity contribution in [3.8, 4) is 0 Å². The van der Waals surface area contributed by atoms with Gasteiger partial charge in [0.25, 0.3) is 0 Å². The lowest BCUT2D eigenvalue weighted by atomic mass is 9.97. The first kappa shape index (κ1) is 13.9. The van der Waals surface area contributed by atoms with Gasteiger partial charge in [-0.05, 0) is 12.0 Å². The second-order valence-electron chi connectivity index (χ2n) is 4.90. The lowest BCUT2D eigenvalue weighted by Gasteiger charge is -2.24. The minimum absolute atomic E-state index is 0.249. The molecule has 100 valence electrons. The van der Waals surface area contributed by atoms with Gasteiger partial charge < -0.3 is 4.74 Å². The van der Waals surface area contributed by atoms with E-state index in [0.717, 1.165) is 19.7 Å². The van der Waals surface area contributed by atoms with Gasteiger partial charge in [0.1, 0.15) is 0 Å². The summed E-state index contributed by atoms with van der Waals surface area (Å²) in [6, 6.07) is 10.6. The first-order chi connectivity index (χ1) is 8.81. The van der Waals surface area contributed by atoms with Crippen LogP contribution in [0.15, 0.2) is 30.3 Å². The second-order valence-corrected chi connectivity index (χ2v) is 6.08. The Morgan fingerprint density at radius 3 is 2.83 bits per heavy atom. The van der Waals surface area contributed by atoms with E-state index in [1.165, 1.54) is 17.7 Å². The second kappa shape index (κ2) is 7.17. The first-order valence-corrected chi connectivity index (χ1v) is 7.80. The highest BCUT2D eigenvalue weighted by atomic mass is 32.2. The van der Waals surface area contributed by atoms with E-state index in [0.29, 0.717) is 5.92 Å². The van der Waals surface area contributed by atoms with Crippen LogP contribution in [0.3, 0.4) is 0 Å². The summed E-state index contributed by atoms with van der Waals surface area (Å²) >= 11 is 1.97. The van der Waals surface area contributed by atoms with Crippen LogP contribution < -0.4 is 0 Å². The van der Waals surface area contributed by atoms with Crippen LogP contribution in [-0.2, 0) is 4.74 Å². The van der Waals surface area contributed by atoms with Crippen molar-refractivity contribution in [3.05, 3.63) is 35.9 Å². The third-order valence-electron chi connectivity index (χ3n) is 3.25. The monoisotopic (exact) mass is 265 g/mol. The highest BCUT2D eigenvalue weighted by Crippen LogP contribution is 2.30. The van der Waals surface area contributed by atoms with Crippen molar-refractivity contribution in [1.29, 1.82) is 0 Å². The first-order valence-electron chi connectivity index (χ1n) is 6.85. The van der Waals surface area contributed by atoms with Crippen LogP contribution in [0.1, 0.15) is 31.9 Å². The molecule has 1 aromatic carbocycles. The molecule has 0 spiro atoms. The van der Waals surface area contributed by atoms with Crippen LogP contribution in [0.25, 0.3) is 0 Å². The maximum Gasteiger partial charge on any atom is 0.0863 e. The van der Waals surface area contributed by atoms with E-state index in [1.54, 1.807) is 0 Å². The van der Waals surface area contributed by atoms with Gasteiger partial charge in [-0.25, -0.2) is 4.31 Å². The van der Waals surface area contributed by atoms with Crippen LogP contribution in [0.2, 0.25) is 0 Å². The Labute approximate surface area is 115 Å². The molecule has 0 aromatic heterocycles. The van der Waals surface area contributed by atoms with E-state index in [2.05, 4.69) is 48.5 Å². The molecule has 2 rings (SSSR count). The predicted octanol–water partition coefficient (Wildman–Crippen LogP) is 3.75. The van der Waals surface area contributed by atoms with Crippen LogP contribution in [0.4, 0.5) is 0 Å². The number of benzene rings is 1. The molecule has 1 fully saturated rings. The van der Waals surface area contributed by atoms with Gasteiger partial charge in [0, 0.05) is 24.8 Å². The summed E-state index contributed by atoms with van der Waals surface area (Å²) in [6.07, 6.45) is 1.48. The minimum atomic E-state index is 0.249. The van der Waals surface area contributed by atoms with Gasteiger partial charge in [-0.2, -0.15) is 0 Å². The Kier molecular flexibility index (Phi) is 5.54. The summed E-state index contributed by atoms with van der Waals surface area (Å²) < 4.78 is 8.53. The van der Waals surface area contributed by atoms with Crippen molar-refractivity contribution in [3.63, 3.8) is 0 Å². The highest BCUT2D eigenvalue weighted by Gasteiger charge is 2.25. The molecule has 1 aliphatic rings. The fraction of sp³-hybridized carbons (Fsp3) is 0.600. The van der Waals surface area contributed by atoms with Crippen molar-refractivity contribution in [2.45, 2.75) is 26.4 Å². The van der Waals surface area contributed by atoms with Gasteiger partial charge in [0.05, 0.1) is 12.7 Å². The van der Waals surface area contributed by atoms with E-state index < -0.39 is 0 Å². The Hall–Kier alpha value is -0.510. The molecular weight excluding hydrogens is 242 g/mol. The van der Waals surface area contributed by atoms with E-state index in [-0.39, 0.29) is 6.10 Å². The Bertz CT molecular complexity index is 344. The SMILES string of the molecule is CCCSN1CCOC(c2ccccc2)[C@@H](C)C1. The quantitative estimate of drug-likeness (QED) is 0.769. The van der Waals surface area contributed by atoms with Crippen LogP contribution >= 0.6 is 11.9 Å². The zero-order valence-corrected chi connectivity index (χ0v) is 12.2.